The molecule has 3 fully saturated rings. The number of aryl methyl sites for hydroxylation is 1. The quantitative estimate of drug-likeness (QED) is 0.283. The van der Waals surface area contributed by atoms with E-state index in [4.69, 9.17) is 4.74 Å². The summed E-state index contributed by atoms with van der Waals surface area (Å²) in [7, 11) is 0. The van der Waals surface area contributed by atoms with Gasteiger partial charge >= 0.3 is 0 Å². The zero-order valence-electron chi connectivity index (χ0n) is 24.2. The molecule has 4 amide bonds. The molecule has 3 aromatic rings. The van der Waals surface area contributed by atoms with Crippen molar-refractivity contribution in [3.63, 3.8) is 0 Å². The van der Waals surface area contributed by atoms with Crippen molar-refractivity contribution in [2.24, 2.45) is 23.7 Å². The Bertz CT molecular complexity index is 1670. The molecule has 2 saturated heterocycles. The summed E-state index contributed by atoms with van der Waals surface area (Å²) in [5.74, 6) is -3.65. The van der Waals surface area contributed by atoms with Crippen LogP contribution in [-0.4, -0.2) is 47.0 Å². The van der Waals surface area contributed by atoms with Crippen LogP contribution < -0.4 is 15.5 Å². The minimum Gasteiger partial charge on any atom is -0.491 e. The first-order valence-electron chi connectivity index (χ1n) is 15.0. The molecule has 9 heteroatoms. The zero-order valence-corrected chi connectivity index (χ0v) is 24.2. The Kier molecular flexibility index (Phi) is 6.85. The number of carbonyl (C=O) groups excluding carboxylic acids is 4. The van der Waals surface area contributed by atoms with Crippen molar-refractivity contribution >= 4 is 29.3 Å². The Morgan fingerprint density at radius 2 is 1.66 bits per heavy atom. The molecular formula is C35H33N3O6. The highest BCUT2D eigenvalue weighted by Gasteiger charge is 2.69. The number of anilines is 1. The summed E-state index contributed by atoms with van der Waals surface area (Å²) in [6.45, 7) is 1.98. The monoisotopic (exact) mass is 591 g/mol. The van der Waals surface area contributed by atoms with Crippen LogP contribution in [0.15, 0.2) is 90.5 Å². The minimum atomic E-state index is -1.31. The van der Waals surface area contributed by atoms with Crippen LogP contribution in [0.2, 0.25) is 0 Å². The van der Waals surface area contributed by atoms with Crippen LogP contribution in [-0.2, 0) is 24.6 Å². The molecule has 0 bridgehead atoms. The predicted octanol–water partition coefficient (Wildman–Crippen LogP) is 3.64. The van der Waals surface area contributed by atoms with E-state index in [1.165, 1.54) is 0 Å². The fraction of sp³-hybridized carbons (Fsp3) is 0.314. The summed E-state index contributed by atoms with van der Waals surface area (Å²) < 4.78 is 5.62. The number of ether oxygens (including phenoxy) is 1. The van der Waals surface area contributed by atoms with Crippen LogP contribution in [0.25, 0.3) is 0 Å². The number of amides is 4. The highest BCUT2D eigenvalue weighted by molar-refractivity contribution is 6.13. The largest absolute Gasteiger partial charge is 0.491 e. The summed E-state index contributed by atoms with van der Waals surface area (Å²) in [6.07, 6.45) is 2.66. The molecule has 1 saturated carbocycles. The molecule has 7 rings (SSSR count). The van der Waals surface area contributed by atoms with E-state index in [-0.39, 0.29) is 43.3 Å². The zero-order chi connectivity index (χ0) is 30.6. The van der Waals surface area contributed by atoms with E-state index in [2.05, 4.69) is 10.7 Å². The van der Waals surface area contributed by atoms with E-state index in [1.54, 1.807) is 12.1 Å². The third-order valence-electron chi connectivity index (χ3n) is 9.81. The standard InChI is InChI=1S/C35H33N3O6/c1-20-7-11-23(12-8-20)37-38-33(42)28-19-27-25(15-16-26-29(27)32(41)36-31(26)40)30(21-9-13-24(14-10-21)44-18-17-39)35(28,34(38)43)22-5-3-2-4-6-22/h2-15,26-30,37,39H,16-19H2,1H3,(H,36,40,41)/t26-,27+,28-,29-,30-,35+/m0/s1. The molecule has 224 valence electrons. The molecule has 0 aromatic heterocycles. The topological polar surface area (TPSA) is 125 Å². The van der Waals surface area contributed by atoms with Gasteiger partial charge in [-0.05, 0) is 61.1 Å². The van der Waals surface area contributed by atoms with Crippen molar-refractivity contribution in [2.75, 3.05) is 18.6 Å². The lowest BCUT2D eigenvalue weighted by atomic mass is 9.49. The molecule has 9 nitrogen and oxygen atoms in total. The molecule has 0 spiro atoms. The van der Waals surface area contributed by atoms with Crippen LogP contribution in [0.4, 0.5) is 5.69 Å². The van der Waals surface area contributed by atoms with Crippen molar-refractivity contribution in [2.45, 2.75) is 31.1 Å². The summed E-state index contributed by atoms with van der Waals surface area (Å²) in [6, 6.07) is 24.3. The van der Waals surface area contributed by atoms with Gasteiger partial charge < -0.3 is 9.84 Å². The number of imide groups is 2. The predicted molar refractivity (Wildman–Crippen MR) is 161 cm³/mol. The molecule has 4 aliphatic rings. The second kappa shape index (κ2) is 10.7. The van der Waals surface area contributed by atoms with Crippen LogP contribution in [0, 0.1) is 30.6 Å². The maximum Gasteiger partial charge on any atom is 0.260 e. The summed E-state index contributed by atoms with van der Waals surface area (Å²) in [5, 5.41) is 12.9. The number of aliphatic hydroxyl groups excluding tert-OH is 1. The van der Waals surface area contributed by atoms with Gasteiger partial charge in [-0.3, -0.25) is 29.9 Å². The number of hydrogen-bond acceptors (Lipinski definition) is 7. The van der Waals surface area contributed by atoms with Crippen molar-refractivity contribution in [1.29, 1.82) is 0 Å². The second-order valence-electron chi connectivity index (χ2n) is 12.1. The Balaban J connectivity index is 1.42. The van der Waals surface area contributed by atoms with Crippen molar-refractivity contribution < 1.29 is 29.0 Å². The number of nitrogens with one attached hydrogen (secondary N) is 2. The number of hydrazine groups is 1. The average Bonchev–Trinajstić information content (AvgIpc) is 3.45. The van der Waals surface area contributed by atoms with Crippen LogP contribution in [0.1, 0.15) is 35.4 Å². The average molecular weight is 592 g/mol. The number of nitrogens with zero attached hydrogens (tertiary/aromatic N) is 1. The fourth-order valence-electron chi connectivity index (χ4n) is 7.95. The first kappa shape index (κ1) is 28.0. The van der Waals surface area contributed by atoms with Crippen LogP contribution >= 0.6 is 0 Å². The molecule has 2 aliphatic heterocycles. The highest BCUT2D eigenvalue weighted by atomic mass is 16.5. The highest BCUT2D eigenvalue weighted by Crippen LogP contribution is 2.63. The normalized spacial score (nSPS) is 29.0. The Morgan fingerprint density at radius 3 is 2.36 bits per heavy atom. The molecule has 6 atom stereocenters. The van der Waals surface area contributed by atoms with Gasteiger partial charge in [0.1, 0.15) is 12.4 Å². The maximum absolute atomic E-state index is 15.0. The molecule has 0 radical (unpaired) electrons. The Hall–Kier alpha value is -4.76. The van der Waals surface area contributed by atoms with Gasteiger partial charge in [0, 0.05) is 5.92 Å². The van der Waals surface area contributed by atoms with E-state index >= 15 is 0 Å². The molecule has 44 heavy (non-hydrogen) atoms. The van der Waals surface area contributed by atoms with Crippen LogP contribution in [0.3, 0.4) is 0 Å². The number of allylic oxidation sites excluding steroid dienone is 2. The molecule has 2 heterocycles. The Morgan fingerprint density at radius 1 is 0.932 bits per heavy atom. The number of fused-ring (bicyclic) bond motifs is 4. The minimum absolute atomic E-state index is 0.124. The first-order chi connectivity index (χ1) is 21.3. The van der Waals surface area contributed by atoms with E-state index < -0.39 is 35.0 Å². The second-order valence-corrected chi connectivity index (χ2v) is 12.1. The van der Waals surface area contributed by atoms with Gasteiger partial charge in [0.2, 0.25) is 11.8 Å². The van der Waals surface area contributed by atoms with Gasteiger partial charge in [-0.15, -0.1) is 0 Å². The van der Waals surface area contributed by atoms with Gasteiger partial charge in [0.25, 0.3) is 11.8 Å². The maximum atomic E-state index is 15.0. The van der Waals surface area contributed by atoms with Gasteiger partial charge in [-0.1, -0.05) is 71.8 Å². The third-order valence-corrected chi connectivity index (χ3v) is 9.81. The molecule has 0 unspecified atom stereocenters. The fourth-order valence-corrected chi connectivity index (χ4v) is 7.95. The lowest BCUT2D eigenvalue weighted by molar-refractivity contribution is -0.138. The van der Waals surface area contributed by atoms with Crippen molar-refractivity contribution in [3.05, 3.63) is 107 Å². The van der Waals surface area contributed by atoms with Gasteiger partial charge in [-0.25, -0.2) is 0 Å². The summed E-state index contributed by atoms with van der Waals surface area (Å²) >= 11 is 0. The molecule has 3 N–H and O–H groups in total. The first-order valence-corrected chi connectivity index (χ1v) is 15.0. The number of carbonyl (C=O) groups is 4. The number of rotatable bonds is 7. The van der Waals surface area contributed by atoms with E-state index in [0.717, 1.165) is 27.3 Å². The van der Waals surface area contributed by atoms with E-state index in [0.29, 0.717) is 17.9 Å². The van der Waals surface area contributed by atoms with Gasteiger partial charge in [0.05, 0.1) is 35.5 Å². The number of aliphatic hydroxyl groups is 1. The lowest BCUT2D eigenvalue weighted by Gasteiger charge is -2.50. The lowest BCUT2D eigenvalue weighted by Crippen LogP contribution is -2.53. The van der Waals surface area contributed by atoms with Gasteiger partial charge in [0.15, 0.2) is 0 Å². The molecule has 2 aliphatic carbocycles. The smallest absolute Gasteiger partial charge is 0.260 e. The SMILES string of the molecule is Cc1ccc(NN2C(=O)[C@@H]3C[C@@H]4C(=CC[C@@H]5C(=O)NC(=O)[C@@H]54)[C@H](c4ccc(OCCO)cc4)[C@]3(c3ccccc3)C2=O)cc1. The van der Waals surface area contributed by atoms with Crippen molar-refractivity contribution in [3.8, 4) is 5.75 Å². The van der Waals surface area contributed by atoms with Gasteiger partial charge in [-0.2, -0.15) is 5.01 Å². The summed E-state index contributed by atoms with van der Waals surface area (Å²) in [4.78, 5) is 55.4. The van der Waals surface area contributed by atoms with E-state index in [9.17, 15) is 24.3 Å². The number of benzene rings is 3. The van der Waals surface area contributed by atoms with Crippen molar-refractivity contribution in [1.82, 2.24) is 10.3 Å². The molecular weight excluding hydrogens is 558 g/mol. The molecule has 3 aromatic carbocycles. The van der Waals surface area contributed by atoms with E-state index in [1.807, 2.05) is 79.7 Å². The van der Waals surface area contributed by atoms with Crippen LogP contribution in [0.5, 0.6) is 5.75 Å². The third kappa shape index (κ3) is 4.17. The summed E-state index contributed by atoms with van der Waals surface area (Å²) in [5.41, 5.74) is 5.87. The Labute approximate surface area is 254 Å². The number of hydrogen-bond donors (Lipinski definition) is 3.